The molecular weight excluding hydrogens is 360 g/mol. The second kappa shape index (κ2) is 7.73. The number of fused-ring (bicyclic) bond motifs is 1. The summed E-state index contributed by atoms with van der Waals surface area (Å²) < 4.78 is 7.04. The summed E-state index contributed by atoms with van der Waals surface area (Å²) in [5, 5.41) is 0.498. The van der Waals surface area contributed by atoms with E-state index in [9.17, 15) is 4.79 Å². The molecular formula is C22H23ClN2O2. The SMILES string of the molecule is COC(=O)C1CCCCC1c1ccc(Cn2c(Cl)nc3ccccc32)cc1. The lowest BCUT2D eigenvalue weighted by atomic mass is 9.75. The normalized spacial score (nSPS) is 19.9. The Labute approximate surface area is 164 Å². The van der Waals surface area contributed by atoms with Gasteiger partial charge in [0.25, 0.3) is 0 Å². The van der Waals surface area contributed by atoms with Crippen molar-refractivity contribution in [1.29, 1.82) is 0 Å². The highest BCUT2D eigenvalue weighted by Gasteiger charge is 2.32. The first-order chi connectivity index (χ1) is 13.2. The fourth-order valence-electron chi connectivity index (χ4n) is 4.21. The van der Waals surface area contributed by atoms with Gasteiger partial charge in [-0.05, 0) is 53.6 Å². The van der Waals surface area contributed by atoms with Gasteiger partial charge >= 0.3 is 5.97 Å². The monoisotopic (exact) mass is 382 g/mol. The summed E-state index contributed by atoms with van der Waals surface area (Å²) in [4.78, 5) is 16.6. The van der Waals surface area contributed by atoms with Crippen LogP contribution in [0.2, 0.25) is 5.28 Å². The van der Waals surface area contributed by atoms with Crippen LogP contribution in [-0.2, 0) is 16.1 Å². The third kappa shape index (κ3) is 3.59. The van der Waals surface area contributed by atoms with E-state index < -0.39 is 0 Å². The summed E-state index contributed by atoms with van der Waals surface area (Å²) in [7, 11) is 1.48. The van der Waals surface area contributed by atoms with Crippen LogP contribution in [0.4, 0.5) is 0 Å². The highest BCUT2D eigenvalue weighted by molar-refractivity contribution is 6.29. The molecule has 27 heavy (non-hydrogen) atoms. The first-order valence-corrected chi connectivity index (χ1v) is 9.82. The van der Waals surface area contributed by atoms with E-state index in [1.54, 1.807) is 0 Å². The van der Waals surface area contributed by atoms with Crippen molar-refractivity contribution in [2.75, 3.05) is 7.11 Å². The van der Waals surface area contributed by atoms with Gasteiger partial charge in [0.05, 0.1) is 30.6 Å². The second-order valence-corrected chi connectivity index (χ2v) is 7.56. The Kier molecular flexibility index (Phi) is 5.17. The van der Waals surface area contributed by atoms with Gasteiger partial charge in [-0.2, -0.15) is 0 Å². The molecule has 1 fully saturated rings. The van der Waals surface area contributed by atoms with Crippen molar-refractivity contribution in [2.45, 2.75) is 38.1 Å². The van der Waals surface area contributed by atoms with Crippen LogP contribution in [0, 0.1) is 5.92 Å². The van der Waals surface area contributed by atoms with Crippen LogP contribution in [0.25, 0.3) is 11.0 Å². The molecule has 1 saturated carbocycles. The van der Waals surface area contributed by atoms with E-state index in [0.717, 1.165) is 42.3 Å². The summed E-state index contributed by atoms with van der Waals surface area (Å²) >= 11 is 6.34. The zero-order chi connectivity index (χ0) is 18.8. The van der Waals surface area contributed by atoms with Crippen molar-refractivity contribution in [3.63, 3.8) is 0 Å². The first kappa shape index (κ1) is 18.1. The minimum Gasteiger partial charge on any atom is -0.469 e. The zero-order valence-corrected chi connectivity index (χ0v) is 16.2. The van der Waals surface area contributed by atoms with E-state index in [1.165, 1.54) is 12.7 Å². The summed E-state index contributed by atoms with van der Waals surface area (Å²) in [5.41, 5.74) is 4.32. The number of nitrogens with zero attached hydrogens (tertiary/aromatic N) is 2. The Morgan fingerprint density at radius 1 is 1.15 bits per heavy atom. The third-order valence-electron chi connectivity index (χ3n) is 5.63. The average Bonchev–Trinajstić information content (AvgIpc) is 3.03. The number of hydrogen-bond acceptors (Lipinski definition) is 3. The number of carbonyl (C=O) groups excluding carboxylic acids is 1. The second-order valence-electron chi connectivity index (χ2n) is 7.22. The van der Waals surface area contributed by atoms with Gasteiger partial charge in [0, 0.05) is 0 Å². The highest BCUT2D eigenvalue weighted by Crippen LogP contribution is 2.38. The molecule has 1 aliphatic rings. The molecule has 0 bridgehead atoms. The van der Waals surface area contributed by atoms with Crippen molar-refractivity contribution < 1.29 is 9.53 Å². The molecule has 0 N–H and O–H groups in total. The lowest BCUT2D eigenvalue weighted by Crippen LogP contribution is -2.26. The van der Waals surface area contributed by atoms with Gasteiger partial charge in [0.15, 0.2) is 0 Å². The predicted molar refractivity (Wildman–Crippen MR) is 107 cm³/mol. The number of benzene rings is 2. The van der Waals surface area contributed by atoms with Crippen molar-refractivity contribution in [3.05, 3.63) is 64.9 Å². The molecule has 0 radical (unpaired) electrons. The number of para-hydroxylation sites is 2. The Morgan fingerprint density at radius 2 is 1.89 bits per heavy atom. The van der Waals surface area contributed by atoms with Gasteiger partial charge in [0.1, 0.15) is 0 Å². The lowest BCUT2D eigenvalue weighted by molar-refractivity contribution is -0.147. The van der Waals surface area contributed by atoms with E-state index in [2.05, 4.69) is 29.2 Å². The van der Waals surface area contributed by atoms with Crippen LogP contribution in [0.3, 0.4) is 0 Å². The van der Waals surface area contributed by atoms with Crippen LogP contribution < -0.4 is 0 Å². The van der Waals surface area contributed by atoms with Gasteiger partial charge in [-0.1, -0.05) is 49.2 Å². The maximum absolute atomic E-state index is 12.1. The van der Waals surface area contributed by atoms with Crippen LogP contribution in [0.1, 0.15) is 42.7 Å². The number of hydrogen-bond donors (Lipinski definition) is 0. The van der Waals surface area contributed by atoms with Gasteiger partial charge < -0.3 is 9.30 Å². The van der Waals surface area contributed by atoms with Crippen molar-refractivity contribution in [2.24, 2.45) is 5.92 Å². The molecule has 4 rings (SSSR count). The minimum absolute atomic E-state index is 0.0263. The van der Waals surface area contributed by atoms with Crippen LogP contribution in [0.15, 0.2) is 48.5 Å². The van der Waals surface area contributed by atoms with Gasteiger partial charge in [0.2, 0.25) is 5.28 Å². The zero-order valence-electron chi connectivity index (χ0n) is 15.4. The molecule has 1 aliphatic carbocycles. The lowest BCUT2D eigenvalue weighted by Gasteiger charge is -2.30. The number of methoxy groups -OCH3 is 1. The van der Waals surface area contributed by atoms with E-state index in [-0.39, 0.29) is 17.8 Å². The molecule has 0 spiro atoms. The van der Waals surface area contributed by atoms with Crippen molar-refractivity contribution in [3.8, 4) is 0 Å². The van der Waals surface area contributed by atoms with E-state index in [1.807, 2.05) is 28.8 Å². The Balaban J connectivity index is 1.56. The molecule has 2 atom stereocenters. The fourth-order valence-corrected chi connectivity index (χ4v) is 4.45. The molecule has 0 amide bonds. The number of imidazole rings is 1. The molecule has 3 aromatic rings. The molecule has 1 heterocycles. The number of esters is 1. The molecule has 4 nitrogen and oxygen atoms in total. The average molecular weight is 383 g/mol. The van der Waals surface area contributed by atoms with Gasteiger partial charge in [-0.15, -0.1) is 0 Å². The number of halogens is 1. The van der Waals surface area contributed by atoms with E-state index >= 15 is 0 Å². The van der Waals surface area contributed by atoms with Crippen LogP contribution in [-0.4, -0.2) is 22.6 Å². The number of aromatic nitrogens is 2. The number of ether oxygens (including phenoxy) is 1. The summed E-state index contributed by atoms with van der Waals surface area (Å²) in [6.45, 7) is 0.671. The first-order valence-electron chi connectivity index (χ1n) is 9.45. The molecule has 1 aromatic heterocycles. The number of rotatable bonds is 4. The largest absolute Gasteiger partial charge is 0.469 e. The molecule has 0 saturated heterocycles. The summed E-state index contributed by atoms with van der Waals surface area (Å²) in [6, 6.07) is 16.5. The third-order valence-corrected chi connectivity index (χ3v) is 5.91. The highest BCUT2D eigenvalue weighted by atomic mass is 35.5. The topological polar surface area (TPSA) is 44.1 Å². The molecule has 140 valence electrons. The van der Waals surface area contributed by atoms with E-state index in [0.29, 0.717) is 11.8 Å². The fraction of sp³-hybridized carbons (Fsp3) is 0.364. The quantitative estimate of drug-likeness (QED) is 0.583. The van der Waals surface area contributed by atoms with Crippen molar-refractivity contribution >= 4 is 28.6 Å². The standard InChI is InChI=1S/C22H23ClN2O2/c1-27-21(26)18-7-3-2-6-17(18)16-12-10-15(11-13-16)14-25-20-9-5-4-8-19(20)24-22(25)23/h4-5,8-13,17-18H,2-3,6-7,14H2,1H3. The Hall–Kier alpha value is -2.33. The Morgan fingerprint density at radius 3 is 2.67 bits per heavy atom. The molecule has 2 aromatic carbocycles. The number of carbonyl (C=O) groups is 1. The minimum atomic E-state index is -0.0829. The predicted octanol–water partition coefficient (Wildman–Crippen LogP) is 5.18. The molecule has 2 unspecified atom stereocenters. The maximum atomic E-state index is 12.1. The maximum Gasteiger partial charge on any atom is 0.309 e. The van der Waals surface area contributed by atoms with Gasteiger partial charge in [-0.3, -0.25) is 4.79 Å². The smallest absolute Gasteiger partial charge is 0.309 e. The summed E-state index contributed by atoms with van der Waals surface area (Å²) in [6.07, 6.45) is 4.21. The van der Waals surface area contributed by atoms with Gasteiger partial charge in [-0.25, -0.2) is 4.98 Å². The van der Waals surface area contributed by atoms with Crippen LogP contribution in [0.5, 0.6) is 0 Å². The van der Waals surface area contributed by atoms with Crippen LogP contribution >= 0.6 is 11.6 Å². The Bertz CT molecular complexity index is 949. The van der Waals surface area contributed by atoms with Crippen molar-refractivity contribution in [1.82, 2.24) is 9.55 Å². The molecule has 0 aliphatic heterocycles. The summed E-state index contributed by atoms with van der Waals surface area (Å²) in [5.74, 6) is 0.139. The van der Waals surface area contributed by atoms with E-state index in [4.69, 9.17) is 16.3 Å². The molecule has 5 heteroatoms.